The number of nitrogens with zero attached hydrogens (tertiary/aromatic N) is 2. The van der Waals surface area contributed by atoms with Gasteiger partial charge in [-0.25, -0.2) is 4.98 Å². The average Bonchev–Trinajstić information content (AvgIpc) is 2.66. The van der Waals surface area contributed by atoms with Crippen LogP contribution in [0.3, 0.4) is 0 Å². The van der Waals surface area contributed by atoms with E-state index >= 15 is 0 Å². The number of benzene rings is 1. The Labute approximate surface area is 164 Å². The minimum Gasteiger partial charge on any atom is -0.494 e. The molecule has 1 aromatic carbocycles. The van der Waals surface area contributed by atoms with E-state index in [-0.39, 0.29) is 11.8 Å². The first-order valence-electron chi connectivity index (χ1n) is 9.36. The van der Waals surface area contributed by atoms with Gasteiger partial charge in [0, 0.05) is 43.8 Å². The Hall–Kier alpha value is -2.83. The standard InChI is InChI=1S/C21H26FN3O3/c1-13(2)9-20(26)24-21-17(27-3)10-15(11-18(21)28-4)25-8-7-16-14(12-25)5-6-19(22)23-16/h5-6,10-11,13H,7-9,12H2,1-4H3,(H,24,26). The summed E-state index contributed by atoms with van der Waals surface area (Å²) < 4.78 is 24.4. The molecule has 6 nitrogen and oxygen atoms in total. The van der Waals surface area contributed by atoms with E-state index in [9.17, 15) is 9.18 Å². The third-order valence-corrected chi connectivity index (χ3v) is 4.73. The normalized spacial score (nSPS) is 13.3. The Balaban J connectivity index is 1.89. The molecule has 0 saturated heterocycles. The molecular weight excluding hydrogens is 361 g/mol. The van der Waals surface area contributed by atoms with Crippen LogP contribution < -0.4 is 19.7 Å². The van der Waals surface area contributed by atoms with Crippen molar-refractivity contribution in [1.29, 1.82) is 0 Å². The van der Waals surface area contributed by atoms with Gasteiger partial charge < -0.3 is 19.7 Å². The highest BCUT2D eigenvalue weighted by molar-refractivity contribution is 5.95. The molecule has 2 aromatic rings. The number of halogens is 1. The van der Waals surface area contributed by atoms with Crippen molar-refractivity contribution < 1.29 is 18.7 Å². The van der Waals surface area contributed by atoms with Crippen LogP contribution in [-0.2, 0) is 17.8 Å². The second-order valence-electron chi connectivity index (χ2n) is 7.28. The molecule has 0 atom stereocenters. The van der Waals surface area contributed by atoms with E-state index in [0.717, 1.165) is 16.9 Å². The lowest BCUT2D eigenvalue weighted by Crippen LogP contribution is -2.31. The monoisotopic (exact) mass is 387 g/mol. The number of aromatic nitrogens is 1. The summed E-state index contributed by atoms with van der Waals surface area (Å²) in [7, 11) is 3.13. The molecule has 0 bridgehead atoms. The van der Waals surface area contributed by atoms with Crippen molar-refractivity contribution in [3.05, 3.63) is 41.5 Å². The fourth-order valence-electron chi connectivity index (χ4n) is 3.37. The number of amides is 1. The first kappa shape index (κ1) is 19.9. The molecule has 1 amide bonds. The maximum absolute atomic E-state index is 13.3. The summed E-state index contributed by atoms with van der Waals surface area (Å²) in [6.45, 7) is 5.31. The molecule has 2 heterocycles. The fourth-order valence-corrected chi connectivity index (χ4v) is 3.37. The number of carbonyl (C=O) groups is 1. The molecule has 0 unspecified atom stereocenters. The number of methoxy groups -OCH3 is 2. The highest BCUT2D eigenvalue weighted by Crippen LogP contribution is 2.40. The molecule has 0 fully saturated rings. The van der Waals surface area contributed by atoms with Crippen LogP contribution in [0.5, 0.6) is 11.5 Å². The van der Waals surface area contributed by atoms with E-state index in [1.807, 2.05) is 26.0 Å². The summed E-state index contributed by atoms with van der Waals surface area (Å²) in [6.07, 6.45) is 1.07. The van der Waals surface area contributed by atoms with Crippen LogP contribution >= 0.6 is 0 Å². The Morgan fingerprint density at radius 2 is 1.93 bits per heavy atom. The molecule has 0 spiro atoms. The zero-order valence-electron chi connectivity index (χ0n) is 16.7. The van der Waals surface area contributed by atoms with E-state index in [4.69, 9.17) is 9.47 Å². The highest BCUT2D eigenvalue weighted by Gasteiger charge is 2.22. The first-order chi connectivity index (χ1) is 13.4. The molecule has 3 rings (SSSR count). The minimum absolute atomic E-state index is 0.0839. The van der Waals surface area contributed by atoms with Crippen molar-refractivity contribution in [3.8, 4) is 11.5 Å². The van der Waals surface area contributed by atoms with Gasteiger partial charge in [0.1, 0.15) is 17.2 Å². The predicted octanol–water partition coefficient (Wildman–Crippen LogP) is 3.79. The molecular formula is C21H26FN3O3. The van der Waals surface area contributed by atoms with Crippen LogP contribution in [0.15, 0.2) is 24.3 Å². The fraction of sp³-hybridized carbons (Fsp3) is 0.429. The van der Waals surface area contributed by atoms with Gasteiger partial charge in [0.2, 0.25) is 11.9 Å². The molecule has 7 heteroatoms. The van der Waals surface area contributed by atoms with Gasteiger partial charge in [-0.2, -0.15) is 4.39 Å². The van der Waals surface area contributed by atoms with Crippen LogP contribution in [-0.4, -0.2) is 31.7 Å². The van der Waals surface area contributed by atoms with Gasteiger partial charge in [-0.15, -0.1) is 0 Å². The van der Waals surface area contributed by atoms with E-state index in [1.165, 1.54) is 6.07 Å². The number of anilines is 2. The summed E-state index contributed by atoms with van der Waals surface area (Å²) in [6, 6.07) is 6.93. The highest BCUT2D eigenvalue weighted by atomic mass is 19.1. The van der Waals surface area contributed by atoms with E-state index < -0.39 is 5.95 Å². The zero-order chi connectivity index (χ0) is 20.3. The van der Waals surface area contributed by atoms with Crippen LogP contribution in [0.4, 0.5) is 15.8 Å². The second-order valence-corrected chi connectivity index (χ2v) is 7.28. The maximum Gasteiger partial charge on any atom is 0.224 e. The van der Waals surface area contributed by atoms with Crippen molar-refractivity contribution in [2.24, 2.45) is 5.92 Å². The number of fused-ring (bicyclic) bond motifs is 1. The summed E-state index contributed by atoms with van der Waals surface area (Å²) in [5.74, 6) is 0.795. The number of ether oxygens (including phenoxy) is 2. The molecule has 0 saturated carbocycles. The molecule has 1 N–H and O–H groups in total. The third kappa shape index (κ3) is 4.35. The predicted molar refractivity (Wildman–Crippen MR) is 107 cm³/mol. The average molecular weight is 387 g/mol. The number of carbonyl (C=O) groups excluding carboxylic acids is 1. The Morgan fingerprint density at radius 1 is 1.25 bits per heavy atom. The van der Waals surface area contributed by atoms with Crippen LogP contribution in [0, 0.1) is 11.9 Å². The molecule has 28 heavy (non-hydrogen) atoms. The Morgan fingerprint density at radius 3 is 2.54 bits per heavy atom. The summed E-state index contributed by atoms with van der Waals surface area (Å²) >= 11 is 0. The molecule has 1 aliphatic rings. The molecule has 150 valence electrons. The van der Waals surface area contributed by atoms with Crippen molar-refractivity contribution in [2.45, 2.75) is 33.2 Å². The van der Waals surface area contributed by atoms with E-state index in [1.54, 1.807) is 20.3 Å². The zero-order valence-corrected chi connectivity index (χ0v) is 16.7. The van der Waals surface area contributed by atoms with E-state index in [0.29, 0.717) is 43.1 Å². The minimum atomic E-state index is -0.447. The maximum atomic E-state index is 13.3. The quantitative estimate of drug-likeness (QED) is 0.764. The molecule has 0 radical (unpaired) electrons. The Kier molecular flexibility index (Phi) is 6.02. The largest absolute Gasteiger partial charge is 0.494 e. The summed E-state index contributed by atoms with van der Waals surface area (Å²) in [5, 5.41) is 2.91. The van der Waals surface area contributed by atoms with E-state index in [2.05, 4.69) is 15.2 Å². The second kappa shape index (κ2) is 8.46. The van der Waals surface area contributed by atoms with Gasteiger partial charge >= 0.3 is 0 Å². The van der Waals surface area contributed by atoms with Crippen molar-refractivity contribution in [3.63, 3.8) is 0 Å². The topological polar surface area (TPSA) is 63.7 Å². The van der Waals surface area contributed by atoms with Crippen molar-refractivity contribution >= 4 is 17.3 Å². The van der Waals surface area contributed by atoms with Crippen LogP contribution in [0.2, 0.25) is 0 Å². The van der Waals surface area contributed by atoms with Gasteiger partial charge in [-0.1, -0.05) is 19.9 Å². The lowest BCUT2D eigenvalue weighted by Gasteiger charge is -2.31. The summed E-state index contributed by atoms with van der Waals surface area (Å²) in [4.78, 5) is 18.4. The smallest absolute Gasteiger partial charge is 0.224 e. The lowest BCUT2D eigenvalue weighted by molar-refractivity contribution is -0.116. The van der Waals surface area contributed by atoms with Crippen LogP contribution in [0.25, 0.3) is 0 Å². The van der Waals surface area contributed by atoms with Gasteiger partial charge in [-0.05, 0) is 17.5 Å². The number of pyridine rings is 1. The number of hydrogen-bond donors (Lipinski definition) is 1. The van der Waals surface area contributed by atoms with Gasteiger partial charge in [-0.3, -0.25) is 4.79 Å². The molecule has 1 aromatic heterocycles. The van der Waals surface area contributed by atoms with Crippen LogP contribution in [0.1, 0.15) is 31.5 Å². The number of rotatable bonds is 6. The van der Waals surface area contributed by atoms with Gasteiger partial charge in [0.15, 0.2) is 0 Å². The SMILES string of the molecule is COc1cc(N2CCc3nc(F)ccc3C2)cc(OC)c1NC(=O)CC(C)C. The number of hydrogen-bond acceptors (Lipinski definition) is 5. The molecule has 1 aliphatic heterocycles. The Bertz CT molecular complexity index is 845. The molecule has 0 aliphatic carbocycles. The third-order valence-electron chi connectivity index (χ3n) is 4.73. The number of nitrogens with one attached hydrogen (secondary N) is 1. The van der Waals surface area contributed by atoms with Crippen molar-refractivity contribution in [2.75, 3.05) is 31.0 Å². The van der Waals surface area contributed by atoms with Gasteiger partial charge in [0.25, 0.3) is 0 Å². The van der Waals surface area contributed by atoms with Crippen molar-refractivity contribution in [1.82, 2.24) is 4.98 Å². The van der Waals surface area contributed by atoms with Gasteiger partial charge in [0.05, 0.1) is 19.9 Å². The lowest BCUT2D eigenvalue weighted by atomic mass is 10.0. The first-order valence-corrected chi connectivity index (χ1v) is 9.36. The summed E-state index contributed by atoms with van der Waals surface area (Å²) in [5.41, 5.74) is 3.23.